The molecular weight excluding hydrogens is 376 g/mol. The van der Waals surface area contributed by atoms with Crippen molar-refractivity contribution in [1.82, 2.24) is 9.88 Å². The number of aryl methyl sites for hydroxylation is 1. The van der Waals surface area contributed by atoms with Crippen LogP contribution in [0, 0.1) is 6.92 Å². The molecule has 0 unspecified atom stereocenters. The molecule has 2 aliphatic heterocycles. The van der Waals surface area contributed by atoms with Gasteiger partial charge < -0.3 is 16.0 Å². The number of nitrogens with two attached hydrogens (primary N) is 1. The van der Waals surface area contributed by atoms with E-state index in [2.05, 4.69) is 21.3 Å². The van der Waals surface area contributed by atoms with Gasteiger partial charge in [-0.1, -0.05) is 29.8 Å². The van der Waals surface area contributed by atoms with Crippen LogP contribution in [0.1, 0.15) is 63.2 Å². The maximum atomic E-state index is 13.2. The van der Waals surface area contributed by atoms with Crippen molar-refractivity contribution in [3.8, 4) is 0 Å². The molecule has 0 saturated carbocycles. The quantitative estimate of drug-likeness (QED) is 0.821. The van der Waals surface area contributed by atoms with Crippen molar-refractivity contribution < 1.29 is 9.59 Å². The molecule has 2 fully saturated rings. The number of hydrogen-bond acceptors (Lipinski definition) is 4. The van der Waals surface area contributed by atoms with Crippen LogP contribution in [0.3, 0.4) is 0 Å². The van der Waals surface area contributed by atoms with Crippen molar-refractivity contribution in [1.29, 1.82) is 0 Å². The Balaban J connectivity index is 1.38. The molecule has 30 heavy (non-hydrogen) atoms. The molecule has 6 heteroatoms. The second-order valence-corrected chi connectivity index (χ2v) is 8.66. The number of aromatic nitrogens is 1. The molecule has 2 bridgehead atoms. The molecule has 2 saturated heterocycles. The van der Waals surface area contributed by atoms with Gasteiger partial charge in [0.25, 0.3) is 11.8 Å². The van der Waals surface area contributed by atoms with Crippen LogP contribution in [-0.2, 0) is 6.42 Å². The highest BCUT2D eigenvalue weighted by Crippen LogP contribution is 2.39. The summed E-state index contributed by atoms with van der Waals surface area (Å²) in [5.41, 5.74) is 10.7. The highest BCUT2D eigenvalue weighted by molar-refractivity contribution is 6.00. The summed E-state index contributed by atoms with van der Waals surface area (Å²) in [6, 6.07) is 8.47. The van der Waals surface area contributed by atoms with Gasteiger partial charge in [0.15, 0.2) is 0 Å². The molecule has 154 valence electrons. The van der Waals surface area contributed by atoms with Gasteiger partial charge in [0.1, 0.15) is 0 Å². The normalized spacial score (nSPS) is 24.0. The Kier molecular flexibility index (Phi) is 4.57. The van der Waals surface area contributed by atoms with Crippen molar-refractivity contribution in [2.75, 3.05) is 5.32 Å². The summed E-state index contributed by atoms with van der Waals surface area (Å²) in [6.45, 7) is 2.01. The van der Waals surface area contributed by atoms with E-state index in [-0.39, 0.29) is 24.0 Å². The summed E-state index contributed by atoms with van der Waals surface area (Å²) in [6.07, 6.45) is 10.2. The Morgan fingerprint density at radius 2 is 1.97 bits per heavy atom. The molecule has 2 atom stereocenters. The Morgan fingerprint density at radius 1 is 1.20 bits per heavy atom. The second-order valence-electron chi connectivity index (χ2n) is 8.66. The third-order valence-electron chi connectivity index (χ3n) is 6.64. The number of pyridine rings is 1. The SMILES string of the molecule is Cc1cccc(C(=O)N2[C@H]3CC[C@H]2CC(Nc2c(C(N)=O)cnc4c2C=CC4)C3)c1. The lowest BCUT2D eigenvalue weighted by molar-refractivity contribution is 0.0583. The molecule has 0 radical (unpaired) electrons. The van der Waals surface area contributed by atoms with Gasteiger partial charge in [0.05, 0.1) is 16.9 Å². The first kappa shape index (κ1) is 18.9. The maximum absolute atomic E-state index is 13.2. The summed E-state index contributed by atoms with van der Waals surface area (Å²) in [5, 5.41) is 3.61. The number of benzene rings is 1. The fourth-order valence-electron chi connectivity index (χ4n) is 5.30. The topological polar surface area (TPSA) is 88.3 Å². The number of rotatable bonds is 4. The highest BCUT2D eigenvalue weighted by Gasteiger charge is 2.43. The van der Waals surface area contributed by atoms with Crippen molar-refractivity contribution in [2.45, 2.75) is 57.2 Å². The molecule has 1 aromatic heterocycles. The summed E-state index contributed by atoms with van der Waals surface area (Å²) in [4.78, 5) is 31.7. The van der Waals surface area contributed by atoms with E-state index in [1.807, 2.05) is 37.3 Å². The molecule has 3 aliphatic rings. The zero-order chi connectivity index (χ0) is 20.8. The first-order chi connectivity index (χ1) is 14.5. The lowest BCUT2D eigenvalue weighted by Crippen LogP contribution is -2.49. The van der Waals surface area contributed by atoms with Crippen LogP contribution in [0.4, 0.5) is 5.69 Å². The van der Waals surface area contributed by atoms with E-state index in [1.165, 1.54) is 0 Å². The smallest absolute Gasteiger partial charge is 0.254 e. The summed E-state index contributed by atoms with van der Waals surface area (Å²) < 4.78 is 0. The molecule has 2 amide bonds. The number of amides is 2. The van der Waals surface area contributed by atoms with Gasteiger partial charge in [-0.15, -0.1) is 0 Å². The minimum Gasteiger partial charge on any atom is -0.381 e. The van der Waals surface area contributed by atoms with E-state index >= 15 is 0 Å². The number of carbonyl (C=O) groups is 2. The van der Waals surface area contributed by atoms with Crippen LogP contribution in [0.2, 0.25) is 0 Å². The second kappa shape index (κ2) is 7.27. The van der Waals surface area contributed by atoms with Crippen LogP contribution in [0.15, 0.2) is 36.5 Å². The number of allylic oxidation sites excluding steroid dienone is 1. The predicted molar refractivity (Wildman–Crippen MR) is 116 cm³/mol. The highest BCUT2D eigenvalue weighted by atomic mass is 16.2. The van der Waals surface area contributed by atoms with Crippen molar-refractivity contribution in [3.63, 3.8) is 0 Å². The van der Waals surface area contributed by atoms with Gasteiger partial charge in [-0.25, -0.2) is 0 Å². The third kappa shape index (κ3) is 3.16. The first-order valence-corrected chi connectivity index (χ1v) is 10.7. The minimum absolute atomic E-state index is 0.134. The fraction of sp³-hybridized carbons (Fsp3) is 0.375. The van der Waals surface area contributed by atoms with E-state index in [4.69, 9.17) is 5.73 Å². The number of anilines is 1. The number of hydrogen-bond donors (Lipinski definition) is 2. The van der Waals surface area contributed by atoms with E-state index in [9.17, 15) is 9.59 Å². The standard InChI is InChI=1S/C24H26N4O2/c1-14-4-2-5-15(10-14)24(30)28-17-8-9-18(28)12-16(11-17)27-22-19-6-3-7-21(19)26-13-20(22)23(25)29/h2-6,10,13,16-18H,7-9,11-12H2,1H3,(H2,25,29)(H,26,27)/t17-,18-/m0/s1. The van der Waals surface area contributed by atoms with Gasteiger partial charge in [0.2, 0.25) is 0 Å². The number of fused-ring (bicyclic) bond motifs is 3. The largest absolute Gasteiger partial charge is 0.381 e. The van der Waals surface area contributed by atoms with Crippen LogP contribution in [0.25, 0.3) is 6.08 Å². The molecule has 1 aliphatic carbocycles. The van der Waals surface area contributed by atoms with E-state index in [0.717, 1.165) is 60.2 Å². The van der Waals surface area contributed by atoms with Crippen molar-refractivity contribution >= 4 is 23.6 Å². The summed E-state index contributed by atoms with van der Waals surface area (Å²) >= 11 is 0. The lowest BCUT2D eigenvalue weighted by Gasteiger charge is -2.40. The van der Waals surface area contributed by atoms with Gasteiger partial charge >= 0.3 is 0 Å². The van der Waals surface area contributed by atoms with Crippen LogP contribution < -0.4 is 11.1 Å². The van der Waals surface area contributed by atoms with Crippen LogP contribution in [0.5, 0.6) is 0 Å². The van der Waals surface area contributed by atoms with Gasteiger partial charge in [-0.3, -0.25) is 14.6 Å². The summed E-state index contributed by atoms with van der Waals surface area (Å²) in [7, 11) is 0. The average Bonchev–Trinajstić information content (AvgIpc) is 3.30. The minimum atomic E-state index is -0.469. The van der Waals surface area contributed by atoms with Gasteiger partial charge in [-0.05, 0) is 44.7 Å². The number of carbonyl (C=O) groups excluding carboxylic acids is 2. The molecule has 2 aromatic rings. The van der Waals surface area contributed by atoms with E-state index in [1.54, 1.807) is 6.20 Å². The van der Waals surface area contributed by atoms with Gasteiger partial charge in [0, 0.05) is 41.9 Å². The monoisotopic (exact) mass is 402 g/mol. The number of nitrogens with one attached hydrogen (secondary N) is 1. The molecule has 6 nitrogen and oxygen atoms in total. The molecule has 0 spiro atoms. The summed E-state index contributed by atoms with van der Waals surface area (Å²) in [5.74, 6) is -0.335. The maximum Gasteiger partial charge on any atom is 0.254 e. The molecule has 1 aromatic carbocycles. The number of piperidine rings is 1. The van der Waals surface area contributed by atoms with Gasteiger partial charge in [-0.2, -0.15) is 0 Å². The zero-order valence-corrected chi connectivity index (χ0v) is 17.1. The van der Waals surface area contributed by atoms with Crippen molar-refractivity contribution in [2.24, 2.45) is 5.73 Å². The molecular formula is C24H26N4O2. The first-order valence-electron chi connectivity index (χ1n) is 10.7. The Bertz CT molecular complexity index is 1050. The van der Waals surface area contributed by atoms with E-state index in [0.29, 0.717) is 5.56 Å². The number of nitrogens with zero attached hydrogens (tertiary/aromatic N) is 2. The predicted octanol–water partition coefficient (Wildman–Crippen LogP) is 3.31. The Morgan fingerprint density at radius 3 is 2.67 bits per heavy atom. The lowest BCUT2D eigenvalue weighted by atomic mass is 9.95. The zero-order valence-electron chi connectivity index (χ0n) is 17.1. The van der Waals surface area contributed by atoms with Crippen molar-refractivity contribution in [3.05, 3.63) is 64.5 Å². The molecule has 3 N–H and O–H groups in total. The molecule has 5 rings (SSSR count). The van der Waals surface area contributed by atoms with E-state index < -0.39 is 5.91 Å². The van der Waals surface area contributed by atoms with Crippen LogP contribution in [-0.4, -0.2) is 39.8 Å². The Hall–Kier alpha value is -3.15. The number of primary amides is 1. The fourth-order valence-corrected chi connectivity index (χ4v) is 5.30. The molecule has 3 heterocycles. The Labute approximate surface area is 176 Å². The average molecular weight is 402 g/mol. The third-order valence-corrected chi connectivity index (χ3v) is 6.64. The van der Waals surface area contributed by atoms with Crippen LogP contribution >= 0.6 is 0 Å².